The van der Waals surface area contributed by atoms with Crippen molar-refractivity contribution in [1.82, 2.24) is 0 Å². The van der Waals surface area contributed by atoms with Gasteiger partial charge in [0.25, 0.3) is 0 Å². The lowest BCUT2D eigenvalue weighted by molar-refractivity contribution is -0.387. The van der Waals surface area contributed by atoms with E-state index in [0.29, 0.717) is 6.07 Å². The normalized spacial score (nSPS) is 9.72. The lowest BCUT2D eigenvalue weighted by Gasteiger charge is -2.08. The summed E-state index contributed by atoms with van der Waals surface area (Å²) in [4.78, 5) is 31.8. The van der Waals surface area contributed by atoms with E-state index in [9.17, 15) is 24.1 Å². The van der Waals surface area contributed by atoms with E-state index in [4.69, 9.17) is 0 Å². The molecule has 1 aromatic rings. The van der Waals surface area contributed by atoms with Crippen LogP contribution in [0.15, 0.2) is 12.1 Å². The Hall–Kier alpha value is -2.51. The number of carbonyl (C=O) groups is 2. The standard InChI is InChI=1S/C10H9FN2O5/c1-5(14)12-8-4-9(13(16)17)7(11)3-6(8)10(15)18-2/h3-4H,1-2H3,(H,12,14). The number of rotatable bonds is 3. The number of carbonyl (C=O) groups excluding carboxylic acids is 2. The number of hydrogen-bond donors (Lipinski definition) is 1. The topological polar surface area (TPSA) is 98.5 Å². The number of hydrogen-bond acceptors (Lipinski definition) is 5. The van der Waals surface area contributed by atoms with E-state index in [2.05, 4.69) is 10.1 Å². The minimum atomic E-state index is -1.19. The molecule has 96 valence electrons. The third-order valence-electron chi connectivity index (χ3n) is 2.00. The molecule has 0 saturated heterocycles. The second-order valence-electron chi connectivity index (χ2n) is 3.28. The van der Waals surface area contributed by atoms with E-state index in [1.165, 1.54) is 0 Å². The lowest BCUT2D eigenvalue weighted by Crippen LogP contribution is -2.13. The first kappa shape index (κ1) is 13.6. The minimum absolute atomic E-state index is 0.178. The van der Waals surface area contributed by atoms with Gasteiger partial charge < -0.3 is 10.1 Å². The number of amides is 1. The maximum absolute atomic E-state index is 13.4. The molecule has 0 bridgehead atoms. The second-order valence-corrected chi connectivity index (χ2v) is 3.28. The zero-order valence-electron chi connectivity index (χ0n) is 9.52. The molecule has 0 radical (unpaired) electrons. The molecule has 0 unspecified atom stereocenters. The van der Waals surface area contributed by atoms with E-state index in [1.54, 1.807) is 0 Å². The van der Waals surface area contributed by atoms with Gasteiger partial charge in [0.2, 0.25) is 11.7 Å². The van der Waals surface area contributed by atoms with Gasteiger partial charge in [-0.1, -0.05) is 0 Å². The van der Waals surface area contributed by atoms with Crippen molar-refractivity contribution in [3.05, 3.63) is 33.6 Å². The number of esters is 1. The first-order chi connectivity index (χ1) is 8.36. The number of methoxy groups -OCH3 is 1. The molecule has 0 atom stereocenters. The molecule has 0 aliphatic rings. The SMILES string of the molecule is COC(=O)c1cc(F)c([N+](=O)[O-])cc1NC(C)=O. The van der Waals surface area contributed by atoms with Gasteiger partial charge >= 0.3 is 11.7 Å². The van der Waals surface area contributed by atoms with Gasteiger partial charge in [-0.2, -0.15) is 4.39 Å². The fourth-order valence-electron chi connectivity index (χ4n) is 1.27. The number of ether oxygens (including phenoxy) is 1. The minimum Gasteiger partial charge on any atom is -0.465 e. The smallest absolute Gasteiger partial charge is 0.340 e. The molecule has 8 heteroatoms. The van der Waals surface area contributed by atoms with Crippen LogP contribution >= 0.6 is 0 Å². The van der Waals surface area contributed by atoms with Crippen molar-refractivity contribution in [3.8, 4) is 0 Å². The molecule has 1 aromatic carbocycles. The van der Waals surface area contributed by atoms with Crippen LogP contribution in [0.5, 0.6) is 0 Å². The van der Waals surface area contributed by atoms with E-state index >= 15 is 0 Å². The Morgan fingerprint density at radius 3 is 2.50 bits per heavy atom. The van der Waals surface area contributed by atoms with Crippen molar-refractivity contribution in [2.45, 2.75) is 6.92 Å². The van der Waals surface area contributed by atoms with Crippen LogP contribution in [0.1, 0.15) is 17.3 Å². The number of nitrogens with one attached hydrogen (secondary N) is 1. The van der Waals surface area contributed by atoms with Gasteiger partial charge in [-0.05, 0) is 6.07 Å². The third-order valence-corrected chi connectivity index (χ3v) is 2.00. The molecule has 7 nitrogen and oxygen atoms in total. The fraction of sp³-hybridized carbons (Fsp3) is 0.200. The maximum atomic E-state index is 13.4. The fourth-order valence-corrected chi connectivity index (χ4v) is 1.27. The van der Waals surface area contributed by atoms with Crippen molar-refractivity contribution in [2.24, 2.45) is 0 Å². The lowest BCUT2D eigenvalue weighted by atomic mass is 10.1. The van der Waals surface area contributed by atoms with Gasteiger partial charge in [-0.15, -0.1) is 0 Å². The number of nitro benzene ring substituents is 1. The highest BCUT2D eigenvalue weighted by Gasteiger charge is 2.22. The van der Waals surface area contributed by atoms with Crippen LogP contribution in [-0.4, -0.2) is 23.9 Å². The first-order valence-corrected chi connectivity index (χ1v) is 4.70. The van der Waals surface area contributed by atoms with Gasteiger partial charge in [0.1, 0.15) is 0 Å². The summed E-state index contributed by atoms with van der Waals surface area (Å²) in [6, 6.07) is 1.41. The zero-order chi connectivity index (χ0) is 13.9. The summed E-state index contributed by atoms with van der Waals surface area (Å²) < 4.78 is 17.7. The van der Waals surface area contributed by atoms with E-state index in [-0.39, 0.29) is 11.3 Å². The van der Waals surface area contributed by atoms with Crippen LogP contribution in [0.25, 0.3) is 0 Å². The molecular weight excluding hydrogens is 247 g/mol. The maximum Gasteiger partial charge on any atom is 0.340 e. The number of benzene rings is 1. The molecule has 0 aliphatic carbocycles. The molecule has 1 rings (SSSR count). The van der Waals surface area contributed by atoms with Gasteiger partial charge in [0.05, 0.1) is 23.3 Å². The van der Waals surface area contributed by atoms with Crippen molar-refractivity contribution < 1.29 is 23.6 Å². The number of nitro groups is 1. The van der Waals surface area contributed by atoms with Crippen molar-refractivity contribution in [2.75, 3.05) is 12.4 Å². The van der Waals surface area contributed by atoms with Gasteiger partial charge in [0, 0.05) is 13.0 Å². The Kier molecular flexibility index (Phi) is 3.93. The quantitative estimate of drug-likeness (QED) is 0.501. The Bertz CT molecular complexity index is 529. The highest BCUT2D eigenvalue weighted by Crippen LogP contribution is 2.26. The molecule has 18 heavy (non-hydrogen) atoms. The van der Waals surface area contributed by atoms with Crippen LogP contribution in [-0.2, 0) is 9.53 Å². The molecule has 0 fully saturated rings. The van der Waals surface area contributed by atoms with Crippen LogP contribution in [0.3, 0.4) is 0 Å². The molecule has 0 aliphatic heterocycles. The van der Waals surface area contributed by atoms with Gasteiger partial charge in [-0.3, -0.25) is 14.9 Å². The monoisotopic (exact) mass is 256 g/mol. The Morgan fingerprint density at radius 1 is 1.44 bits per heavy atom. The number of halogens is 1. The highest BCUT2D eigenvalue weighted by molar-refractivity contribution is 6.01. The molecule has 1 amide bonds. The number of anilines is 1. The summed E-state index contributed by atoms with van der Waals surface area (Å²) in [5, 5.41) is 12.7. The summed E-state index contributed by atoms with van der Waals surface area (Å²) in [6.45, 7) is 1.15. The van der Waals surface area contributed by atoms with Crippen molar-refractivity contribution in [1.29, 1.82) is 0 Å². The number of nitrogens with zero attached hydrogens (tertiary/aromatic N) is 1. The Morgan fingerprint density at radius 2 is 2.06 bits per heavy atom. The third kappa shape index (κ3) is 2.78. The van der Waals surface area contributed by atoms with Gasteiger partial charge in [0.15, 0.2) is 0 Å². The largest absolute Gasteiger partial charge is 0.465 e. The Balaban J connectivity index is 3.41. The summed E-state index contributed by atoms with van der Waals surface area (Å²) in [5.74, 6) is -2.65. The van der Waals surface area contributed by atoms with Gasteiger partial charge in [-0.25, -0.2) is 4.79 Å². The summed E-state index contributed by atoms with van der Waals surface area (Å²) >= 11 is 0. The molecule has 0 saturated carbocycles. The molecule has 0 spiro atoms. The highest BCUT2D eigenvalue weighted by atomic mass is 19.1. The summed E-state index contributed by atoms with van der Waals surface area (Å²) in [6.07, 6.45) is 0. The molecule has 0 heterocycles. The van der Waals surface area contributed by atoms with Crippen LogP contribution in [0.4, 0.5) is 15.8 Å². The summed E-state index contributed by atoms with van der Waals surface area (Å²) in [5.41, 5.74) is -1.32. The Labute approximate surface area is 101 Å². The molecule has 1 N–H and O–H groups in total. The second kappa shape index (κ2) is 5.21. The van der Waals surface area contributed by atoms with E-state index in [1.807, 2.05) is 0 Å². The average Bonchev–Trinajstić information content (AvgIpc) is 2.28. The van der Waals surface area contributed by atoms with Crippen molar-refractivity contribution >= 4 is 23.3 Å². The predicted molar refractivity (Wildman–Crippen MR) is 58.7 cm³/mol. The first-order valence-electron chi connectivity index (χ1n) is 4.70. The average molecular weight is 256 g/mol. The van der Waals surface area contributed by atoms with E-state index in [0.717, 1.165) is 20.1 Å². The van der Waals surface area contributed by atoms with E-state index < -0.39 is 28.3 Å². The van der Waals surface area contributed by atoms with Crippen LogP contribution in [0, 0.1) is 15.9 Å². The summed E-state index contributed by atoms with van der Waals surface area (Å²) in [7, 11) is 1.07. The molecule has 0 aromatic heterocycles. The molecular formula is C10H9FN2O5. The van der Waals surface area contributed by atoms with Crippen LogP contribution < -0.4 is 5.32 Å². The zero-order valence-corrected chi connectivity index (χ0v) is 9.52. The predicted octanol–water partition coefficient (Wildman–Crippen LogP) is 1.48. The van der Waals surface area contributed by atoms with Crippen molar-refractivity contribution in [3.63, 3.8) is 0 Å². The van der Waals surface area contributed by atoms with Crippen LogP contribution in [0.2, 0.25) is 0 Å².